The topological polar surface area (TPSA) is 71.4 Å². The lowest BCUT2D eigenvalue weighted by Crippen LogP contribution is -2.59. The molecule has 7 nitrogen and oxygen atoms in total. The van der Waals surface area contributed by atoms with Crippen molar-refractivity contribution in [1.29, 1.82) is 0 Å². The Morgan fingerprint density at radius 3 is 2.38 bits per heavy atom. The summed E-state index contributed by atoms with van der Waals surface area (Å²) < 4.78 is 11.0. The molecule has 29 heavy (non-hydrogen) atoms. The van der Waals surface area contributed by atoms with Crippen LogP contribution in [-0.2, 0) is 13.1 Å². The van der Waals surface area contributed by atoms with Gasteiger partial charge in [0.1, 0.15) is 5.76 Å². The summed E-state index contributed by atoms with van der Waals surface area (Å²) >= 11 is 0. The van der Waals surface area contributed by atoms with Gasteiger partial charge in [-0.3, -0.25) is 9.80 Å². The summed E-state index contributed by atoms with van der Waals surface area (Å²) in [4.78, 5) is 9.61. The molecule has 0 bridgehead atoms. The molecule has 2 aliphatic heterocycles. The maximum atomic E-state index is 5.63. The first kappa shape index (κ1) is 18.5. The Balaban J connectivity index is 1.34. The lowest BCUT2D eigenvalue weighted by Gasteiger charge is -2.50. The number of likely N-dealkylation sites (tertiary alicyclic amines) is 2. The van der Waals surface area contributed by atoms with E-state index in [4.69, 9.17) is 9.05 Å². The second kappa shape index (κ2) is 7.07. The Bertz CT molecular complexity index is 970. The molecule has 3 aromatic rings. The van der Waals surface area contributed by atoms with Crippen LogP contribution in [0.5, 0.6) is 0 Å². The fourth-order valence-electron chi connectivity index (χ4n) is 5.06. The van der Waals surface area contributed by atoms with E-state index in [2.05, 4.69) is 55.4 Å². The summed E-state index contributed by atoms with van der Waals surface area (Å²) in [6.45, 7) is 11.8. The summed E-state index contributed by atoms with van der Waals surface area (Å²) in [5.41, 5.74) is 3.71. The molecule has 0 saturated carbocycles. The van der Waals surface area contributed by atoms with E-state index in [1.54, 1.807) is 0 Å². The third kappa shape index (κ3) is 3.38. The minimum absolute atomic E-state index is 0.159. The van der Waals surface area contributed by atoms with Crippen LogP contribution < -0.4 is 0 Å². The van der Waals surface area contributed by atoms with E-state index in [-0.39, 0.29) is 11.3 Å². The summed E-state index contributed by atoms with van der Waals surface area (Å²) in [6.07, 6.45) is 0. The first-order chi connectivity index (χ1) is 14.0. The largest absolute Gasteiger partial charge is 0.361 e. The lowest BCUT2D eigenvalue weighted by atomic mass is 9.71. The summed E-state index contributed by atoms with van der Waals surface area (Å²) in [6, 6.07) is 10.7. The Morgan fingerprint density at radius 1 is 0.966 bits per heavy atom. The average molecular weight is 393 g/mol. The van der Waals surface area contributed by atoms with Crippen LogP contribution in [0, 0.1) is 26.2 Å². The Labute approximate surface area is 170 Å². The Morgan fingerprint density at radius 2 is 1.72 bits per heavy atom. The van der Waals surface area contributed by atoms with E-state index < -0.39 is 0 Å². The normalized spacial score (nSPS) is 21.7. The zero-order chi connectivity index (χ0) is 20.0. The van der Waals surface area contributed by atoms with Crippen molar-refractivity contribution in [1.82, 2.24) is 25.1 Å². The molecule has 2 fully saturated rings. The molecule has 0 radical (unpaired) electrons. The Hall–Kier alpha value is -2.51. The number of aromatic nitrogens is 3. The van der Waals surface area contributed by atoms with Crippen LogP contribution in [0.3, 0.4) is 0 Å². The highest BCUT2D eigenvalue weighted by atomic mass is 16.5. The van der Waals surface area contributed by atoms with Gasteiger partial charge in [0, 0.05) is 50.2 Å². The number of hydrogen-bond acceptors (Lipinski definition) is 7. The van der Waals surface area contributed by atoms with Gasteiger partial charge in [0.05, 0.1) is 11.6 Å². The fraction of sp³-hybridized carbons (Fsp3) is 0.500. The maximum Gasteiger partial charge on any atom is 0.231 e. The summed E-state index contributed by atoms with van der Waals surface area (Å²) in [7, 11) is 0. The highest BCUT2D eigenvalue weighted by Crippen LogP contribution is 2.49. The van der Waals surface area contributed by atoms with E-state index in [1.807, 2.05) is 20.8 Å². The molecule has 2 aliphatic rings. The fourth-order valence-corrected chi connectivity index (χ4v) is 5.06. The molecule has 152 valence electrons. The molecule has 0 aliphatic carbocycles. The van der Waals surface area contributed by atoms with E-state index in [0.717, 1.165) is 56.6 Å². The van der Waals surface area contributed by atoms with Gasteiger partial charge in [-0.2, -0.15) is 4.98 Å². The van der Waals surface area contributed by atoms with E-state index in [0.29, 0.717) is 5.82 Å². The first-order valence-electron chi connectivity index (χ1n) is 10.2. The molecule has 4 heterocycles. The third-order valence-electron chi connectivity index (χ3n) is 6.45. The van der Waals surface area contributed by atoms with Crippen molar-refractivity contribution < 1.29 is 9.05 Å². The van der Waals surface area contributed by atoms with Gasteiger partial charge in [0.15, 0.2) is 5.82 Å². The van der Waals surface area contributed by atoms with Crippen molar-refractivity contribution in [2.75, 3.05) is 26.2 Å². The average Bonchev–Trinajstić information content (AvgIpc) is 3.35. The van der Waals surface area contributed by atoms with Crippen molar-refractivity contribution >= 4 is 0 Å². The van der Waals surface area contributed by atoms with Crippen molar-refractivity contribution in [3.05, 3.63) is 64.6 Å². The van der Waals surface area contributed by atoms with Crippen LogP contribution in [0.25, 0.3) is 0 Å². The minimum Gasteiger partial charge on any atom is -0.361 e. The van der Waals surface area contributed by atoms with Gasteiger partial charge in [0.25, 0.3) is 0 Å². The molecule has 1 atom stereocenters. The molecule has 0 amide bonds. The molecule has 1 unspecified atom stereocenters. The van der Waals surface area contributed by atoms with Crippen molar-refractivity contribution in [2.45, 2.75) is 39.8 Å². The van der Waals surface area contributed by atoms with Crippen LogP contribution in [0.1, 0.15) is 40.2 Å². The van der Waals surface area contributed by atoms with Crippen molar-refractivity contribution in [3.8, 4) is 0 Å². The van der Waals surface area contributed by atoms with Crippen LogP contribution in [-0.4, -0.2) is 51.3 Å². The molecule has 7 heteroatoms. The lowest BCUT2D eigenvalue weighted by molar-refractivity contribution is -0.0154. The molecule has 1 aromatic carbocycles. The zero-order valence-corrected chi connectivity index (χ0v) is 17.3. The van der Waals surface area contributed by atoms with E-state index in [9.17, 15) is 0 Å². The van der Waals surface area contributed by atoms with Gasteiger partial charge in [-0.15, -0.1) is 0 Å². The SMILES string of the molecule is Cc1noc(C2CN(Cc3ccccc3)CC23CN(Cc2c(C)noc2C)C3)n1. The maximum absolute atomic E-state index is 5.63. The molecule has 1 spiro atoms. The second-order valence-corrected chi connectivity index (χ2v) is 8.70. The van der Waals surface area contributed by atoms with E-state index >= 15 is 0 Å². The summed E-state index contributed by atoms with van der Waals surface area (Å²) in [5, 5.41) is 8.16. The molecule has 0 N–H and O–H groups in total. The Kier molecular flexibility index (Phi) is 4.52. The number of aryl methyl sites for hydroxylation is 3. The van der Waals surface area contributed by atoms with Crippen LogP contribution in [0.2, 0.25) is 0 Å². The van der Waals surface area contributed by atoms with Gasteiger partial charge in [-0.1, -0.05) is 40.6 Å². The predicted octanol–water partition coefficient (Wildman–Crippen LogP) is 3.08. The molecule has 5 rings (SSSR count). The van der Waals surface area contributed by atoms with E-state index in [1.165, 1.54) is 11.1 Å². The first-order valence-corrected chi connectivity index (χ1v) is 10.2. The summed E-state index contributed by atoms with van der Waals surface area (Å²) in [5.74, 6) is 2.69. The standard InChI is InChI=1S/C22H27N5O2/c1-15-19(16(2)28-24-15)10-27-13-22(14-27)12-26(9-18-7-5-4-6-8-18)11-20(22)21-23-17(3)25-29-21/h4-8,20H,9-14H2,1-3H3. The van der Waals surface area contributed by atoms with Gasteiger partial charge in [0.2, 0.25) is 5.89 Å². The quantitative estimate of drug-likeness (QED) is 0.660. The second-order valence-electron chi connectivity index (χ2n) is 8.70. The van der Waals surface area contributed by atoms with Crippen LogP contribution in [0.15, 0.2) is 39.4 Å². The molecule has 2 saturated heterocycles. The van der Waals surface area contributed by atoms with Gasteiger partial charge < -0.3 is 9.05 Å². The van der Waals surface area contributed by atoms with Gasteiger partial charge >= 0.3 is 0 Å². The van der Waals surface area contributed by atoms with Crippen molar-refractivity contribution in [3.63, 3.8) is 0 Å². The molecular formula is C22H27N5O2. The van der Waals surface area contributed by atoms with Crippen LogP contribution in [0.4, 0.5) is 0 Å². The van der Waals surface area contributed by atoms with Crippen LogP contribution >= 0.6 is 0 Å². The smallest absolute Gasteiger partial charge is 0.231 e. The number of benzene rings is 1. The van der Waals surface area contributed by atoms with Crippen molar-refractivity contribution in [2.24, 2.45) is 5.41 Å². The molecule has 2 aromatic heterocycles. The molecular weight excluding hydrogens is 366 g/mol. The number of nitrogens with zero attached hydrogens (tertiary/aromatic N) is 5. The number of hydrogen-bond donors (Lipinski definition) is 0. The zero-order valence-electron chi connectivity index (χ0n) is 17.3. The highest BCUT2D eigenvalue weighted by Gasteiger charge is 2.56. The number of rotatable bonds is 5. The van der Waals surface area contributed by atoms with Gasteiger partial charge in [-0.25, -0.2) is 0 Å². The highest BCUT2D eigenvalue weighted by molar-refractivity contribution is 5.23. The third-order valence-corrected chi connectivity index (χ3v) is 6.45. The predicted molar refractivity (Wildman–Crippen MR) is 107 cm³/mol. The minimum atomic E-state index is 0.159. The van der Waals surface area contributed by atoms with Gasteiger partial charge in [-0.05, 0) is 26.3 Å². The monoisotopic (exact) mass is 393 g/mol.